The Kier molecular flexibility index (Phi) is 4.44. The van der Waals surface area contributed by atoms with Crippen molar-refractivity contribution >= 4 is 11.7 Å². The molecular formula is C17H23NO3. The number of aliphatic carboxylic acids is 1. The van der Waals surface area contributed by atoms with Crippen LogP contribution in [-0.2, 0) is 22.4 Å². The molecule has 3 rings (SSSR count). The zero-order valence-electron chi connectivity index (χ0n) is 12.4. The second-order valence-electron chi connectivity index (χ2n) is 6.07. The first kappa shape index (κ1) is 14.4. The third kappa shape index (κ3) is 3.38. The Morgan fingerprint density at radius 1 is 1.33 bits per heavy atom. The number of carboxylic acids is 1. The van der Waals surface area contributed by atoms with Crippen molar-refractivity contribution in [3.8, 4) is 0 Å². The standard InChI is InChI=1S/C17H23NO3/c19-16(20)5-4-14-2-1-3-15-6-9-18(17(14)15)12-13-7-10-21-11-8-13/h1-3,13H,4-12H2,(H,19,20). The SMILES string of the molecule is O=C(O)CCc1cccc2c1N(CC1CCOCC1)CC2. The lowest BCUT2D eigenvalue weighted by atomic mass is 9.98. The van der Waals surface area contributed by atoms with Gasteiger partial charge in [-0.05, 0) is 42.7 Å². The van der Waals surface area contributed by atoms with Crippen LogP contribution in [0, 0.1) is 5.92 Å². The normalized spacial score (nSPS) is 18.8. The third-order valence-corrected chi connectivity index (χ3v) is 4.60. The number of nitrogens with zero attached hydrogens (tertiary/aromatic N) is 1. The molecule has 0 unspecified atom stereocenters. The summed E-state index contributed by atoms with van der Waals surface area (Å²) in [6, 6.07) is 6.33. The zero-order chi connectivity index (χ0) is 14.7. The first-order valence-corrected chi connectivity index (χ1v) is 7.89. The van der Waals surface area contributed by atoms with Gasteiger partial charge in [-0.3, -0.25) is 4.79 Å². The summed E-state index contributed by atoms with van der Waals surface area (Å²) in [5.41, 5.74) is 3.88. The first-order chi connectivity index (χ1) is 10.2. The van der Waals surface area contributed by atoms with Gasteiger partial charge >= 0.3 is 5.97 Å². The Morgan fingerprint density at radius 2 is 2.14 bits per heavy atom. The quantitative estimate of drug-likeness (QED) is 0.905. The maximum atomic E-state index is 10.8. The number of aryl methyl sites for hydroxylation is 1. The molecule has 4 nitrogen and oxygen atoms in total. The minimum atomic E-state index is -0.721. The lowest BCUT2D eigenvalue weighted by Crippen LogP contribution is -2.31. The molecule has 0 bridgehead atoms. The number of rotatable bonds is 5. The Labute approximate surface area is 125 Å². The maximum absolute atomic E-state index is 10.8. The van der Waals surface area contributed by atoms with E-state index in [4.69, 9.17) is 9.84 Å². The molecule has 2 aliphatic rings. The van der Waals surface area contributed by atoms with Crippen molar-refractivity contribution < 1.29 is 14.6 Å². The molecule has 2 aliphatic heterocycles. The lowest BCUT2D eigenvalue weighted by molar-refractivity contribution is -0.136. The minimum Gasteiger partial charge on any atom is -0.481 e. The summed E-state index contributed by atoms with van der Waals surface area (Å²) in [6.07, 6.45) is 4.20. The zero-order valence-corrected chi connectivity index (χ0v) is 12.4. The van der Waals surface area contributed by atoms with Crippen molar-refractivity contribution in [2.24, 2.45) is 5.92 Å². The highest BCUT2D eigenvalue weighted by molar-refractivity contribution is 5.69. The Bertz CT molecular complexity index is 509. The van der Waals surface area contributed by atoms with Crippen LogP contribution in [0.25, 0.3) is 0 Å². The number of para-hydroxylation sites is 1. The molecule has 1 saturated heterocycles. The van der Waals surface area contributed by atoms with Gasteiger partial charge < -0.3 is 14.7 Å². The van der Waals surface area contributed by atoms with Gasteiger partial charge in [0.25, 0.3) is 0 Å². The third-order valence-electron chi connectivity index (χ3n) is 4.60. The van der Waals surface area contributed by atoms with Crippen LogP contribution < -0.4 is 4.90 Å². The molecule has 1 N–H and O–H groups in total. The molecule has 114 valence electrons. The van der Waals surface area contributed by atoms with Crippen molar-refractivity contribution in [2.75, 3.05) is 31.2 Å². The monoisotopic (exact) mass is 289 g/mol. The smallest absolute Gasteiger partial charge is 0.303 e. The maximum Gasteiger partial charge on any atom is 0.303 e. The molecule has 4 heteroatoms. The largest absolute Gasteiger partial charge is 0.481 e. The van der Waals surface area contributed by atoms with Crippen LogP contribution in [0.4, 0.5) is 5.69 Å². The van der Waals surface area contributed by atoms with E-state index in [1.807, 2.05) is 0 Å². The molecule has 1 fully saturated rings. The molecule has 21 heavy (non-hydrogen) atoms. The Hall–Kier alpha value is -1.55. The molecule has 0 saturated carbocycles. The summed E-state index contributed by atoms with van der Waals surface area (Å²) in [4.78, 5) is 13.3. The molecule has 0 aliphatic carbocycles. The van der Waals surface area contributed by atoms with E-state index < -0.39 is 5.97 Å². The fraction of sp³-hybridized carbons (Fsp3) is 0.588. The summed E-state index contributed by atoms with van der Waals surface area (Å²) in [7, 11) is 0. The highest BCUT2D eigenvalue weighted by Crippen LogP contribution is 2.34. The summed E-state index contributed by atoms with van der Waals surface area (Å²) in [6.45, 7) is 3.91. The summed E-state index contributed by atoms with van der Waals surface area (Å²) >= 11 is 0. The number of hydrogen-bond donors (Lipinski definition) is 1. The van der Waals surface area contributed by atoms with Crippen molar-refractivity contribution in [3.63, 3.8) is 0 Å². The van der Waals surface area contributed by atoms with Gasteiger partial charge in [0.05, 0.1) is 0 Å². The lowest BCUT2D eigenvalue weighted by Gasteiger charge is -2.29. The predicted octanol–water partition coefficient (Wildman–Crippen LogP) is 2.49. The van der Waals surface area contributed by atoms with E-state index in [0.717, 1.165) is 45.6 Å². The number of fused-ring (bicyclic) bond motifs is 1. The number of carbonyl (C=O) groups is 1. The topological polar surface area (TPSA) is 49.8 Å². The van der Waals surface area contributed by atoms with Crippen LogP contribution in [-0.4, -0.2) is 37.4 Å². The second-order valence-corrected chi connectivity index (χ2v) is 6.07. The summed E-state index contributed by atoms with van der Waals surface area (Å²) < 4.78 is 5.44. The molecule has 1 aromatic rings. The summed E-state index contributed by atoms with van der Waals surface area (Å²) in [5.74, 6) is -0.0150. The van der Waals surface area contributed by atoms with Crippen LogP contribution in [0.2, 0.25) is 0 Å². The van der Waals surface area contributed by atoms with E-state index in [2.05, 4.69) is 23.1 Å². The van der Waals surface area contributed by atoms with Crippen LogP contribution in [0.5, 0.6) is 0 Å². The average Bonchev–Trinajstić information content (AvgIpc) is 2.90. The Balaban J connectivity index is 1.74. The number of anilines is 1. The van der Waals surface area contributed by atoms with Crippen molar-refractivity contribution in [1.82, 2.24) is 0 Å². The average molecular weight is 289 g/mol. The highest BCUT2D eigenvalue weighted by Gasteiger charge is 2.25. The predicted molar refractivity (Wildman–Crippen MR) is 81.9 cm³/mol. The van der Waals surface area contributed by atoms with E-state index in [1.54, 1.807) is 0 Å². The van der Waals surface area contributed by atoms with E-state index in [9.17, 15) is 4.79 Å². The van der Waals surface area contributed by atoms with E-state index in [-0.39, 0.29) is 6.42 Å². The van der Waals surface area contributed by atoms with Crippen LogP contribution in [0.1, 0.15) is 30.4 Å². The van der Waals surface area contributed by atoms with Crippen LogP contribution >= 0.6 is 0 Å². The molecule has 0 spiro atoms. The van der Waals surface area contributed by atoms with Crippen LogP contribution in [0.3, 0.4) is 0 Å². The molecule has 1 aromatic carbocycles. The molecule has 2 heterocycles. The van der Waals surface area contributed by atoms with Crippen molar-refractivity contribution in [2.45, 2.75) is 32.1 Å². The van der Waals surface area contributed by atoms with E-state index in [1.165, 1.54) is 16.8 Å². The molecular weight excluding hydrogens is 266 g/mol. The Morgan fingerprint density at radius 3 is 2.90 bits per heavy atom. The van der Waals surface area contributed by atoms with E-state index in [0.29, 0.717) is 12.3 Å². The molecule has 0 radical (unpaired) electrons. The minimum absolute atomic E-state index is 0.210. The molecule has 0 amide bonds. The fourth-order valence-corrected chi connectivity index (χ4v) is 3.49. The van der Waals surface area contributed by atoms with Gasteiger partial charge in [0.2, 0.25) is 0 Å². The first-order valence-electron chi connectivity index (χ1n) is 7.89. The summed E-state index contributed by atoms with van der Waals surface area (Å²) in [5, 5.41) is 8.92. The molecule has 0 aromatic heterocycles. The van der Waals surface area contributed by atoms with Crippen molar-refractivity contribution in [1.29, 1.82) is 0 Å². The van der Waals surface area contributed by atoms with Crippen LogP contribution in [0.15, 0.2) is 18.2 Å². The van der Waals surface area contributed by atoms with Gasteiger partial charge in [-0.1, -0.05) is 18.2 Å². The highest BCUT2D eigenvalue weighted by atomic mass is 16.5. The number of ether oxygens (including phenoxy) is 1. The van der Waals surface area contributed by atoms with Gasteiger partial charge in [-0.25, -0.2) is 0 Å². The molecule has 0 atom stereocenters. The number of carboxylic acid groups (broad SMARTS) is 1. The number of benzene rings is 1. The van der Waals surface area contributed by atoms with Gasteiger partial charge in [0, 0.05) is 38.4 Å². The fourth-order valence-electron chi connectivity index (χ4n) is 3.49. The van der Waals surface area contributed by atoms with E-state index >= 15 is 0 Å². The van der Waals surface area contributed by atoms with Crippen molar-refractivity contribution in [3.05, 3.63) is 29.3 Å². The number of hydrogen-bond acceptors (Lipinski definition) is 3. The van der Waals surface area contributed by atoms with Gasteiger partial charge in [0.1, 0.15) is 0 Å². The van der Waals surface area contributed by atoms with Gasteiger partial charge in [-0.2, -0.15) is 0 Å². The van der Waals surface area contributed by atoms with Gasteiger partial charge in [0.15, 0.2) is 0 Å². The van der Waals surface area contributed by atoms with Gasteiger partial charge in [-0.15, -0.1) is 0 Å². The second kappa shape index (κ2) is 6.48.